The Labute approximate surface area is 176 Å². The zero-order chi connectivity index (χ0) is 18.9. The summed E-state index contributed by atoms with van der Waals surface area (Å²) in [6.07, 6.45) is -0.522. The van der Waals surface area contributed by atoms with Crippen molar-refractivity contribution in [2.75, 3.05) is 13.2 Å². The SMILES string of the molecule is CCOc1cc(CNCC(O)c2ccccc2)ccc1OCc1cccs1.Cl. The molecule has 0 radical (unpaired) electrons. The van der Waals surface area contributed by atoms with Gasteiger partial charge in [-0.25, -0.2) is 0 Å². The lowest BCUT2D eigenvalue weighted by Crippen LogP contribution is -2.21. The van der Waals surface area contributed by atoms with Gasteiger partial charge in [0.1, 0.15) is 6.61 Å². The van der Waals surface area contributed by atoms with E-state index in [4.69, 9.17) is 9.47 Å². The first-order chi connectivity index (χ1) is 13.3. The van der Waals surface area contributed by atoms with Gasteiger partial charge >= 0.3 is 0 Å². The summed E-state index contributed by atoms with van der Waals surface area (Å²) in [5.74, 6) is 1.50. The molecule has 3 aromatic rings. The summed E-state index contributed by atoms with van der Waals surface area (Å²) in [6, 6.07) is 19.7. The van der Waals surface area contributed by atoms with Crippen molar-refractivity contribution in [3.63, 3.8) is 0 Å². The Balaban J connectivity index is 0.00000280. The van der Waals surface area contributed by atoms with Crippen molar-refractivity contribution in [1.82, 2.24) is 5.32 Å². The van der Waals surface area contributed by atoms with Crippen LogP contribution in [0.1, 0.15) is 29.0 Å². The van der Waals surface area contributed by atoms with Crippen LogP contribution in [0.25, 0.3) is 0 Å². The Morgan fingerprint density at radius 3 is 2.54 bits per heavy atom. The molecule has 0 aliphatic carbocycles. The summed E-state index contributed by atoms with van der Waals surface area (Å²) in [5, 5.41) is 15.6. The van der Waals surface area contributed by atoms with Crippen LogP contribution in [0.5, 0.6) is 11.5 Å². The van der Waals surface area contributed by atoms with Crippen LogP contribution in [-0.2, 0) is 13.2 Å². The molecule has 6 heteroatoms. The number of halogens is 1. The largest absolute Gasteiger partial charge is 0.490 e. The second kappa shape index (κ2) is 11.7. The maximum absolute atomic E-state index is 10.2. The van der Waals surface area contributed by atoms with Gasteiger partial charge in [-0.3, -0.25) is 0 Å². The first kappa shape index (κ1) is 22.2. The normalized spacial score (nSPS) is 11.5. The lowest BCUT2D eigenvalue weighted by atomic mass is 10.1. The highest BCUT2D eigenvalue weighted by molar-refractivity contribution is 7.09. The summed E-state index contributed by atoms with van der Waals surface area (Å²) in [7, 11) is 0. The zero-order valence-electron chi connectivity index (χ0n) is 15.8. The lowest BCUT2D eigenvalue weighted by Gasteiger charge is -2.15. The third-order valence-electron chi connectivity index (χ3n) is 4.11. The quantitative estimate of drug-likeness (QED) is 0.487. The van der Waals surface area contributed by atoms with Gasteiger partial charge in [0.25, 0.3) is 0 Å². The van der Waals surface area contributed by atoms with E-state index in [1.807, 2.05) is 66.9 Å². The minimum atomic E-state index is -0.522. The average Bonchev–Trinajstić information content (AvgIpc) is 3.22. The van der Waals surface area contributed by atoms with Crippen LogP contribution < -0.4 is 14.8 Å². The number of hydrogen-bond donors (Lipinski definition) is 2. The Hall–Kier alpha value is -2.05. The molecule has 0 spiro atoms. The fourth-order valence-corrected chi connectivity index (χ4v) is 3.36. The molecule has 1 unspecified atom stereocenters. The molecule has 0 aliphatic rings. The molecule has 1 atom stereocenters. The number of rotatable bonds is 10. The third kappa shape index (κ3) is 6.53. The van der Waals surface area contributed by atoms with E-state index in [2.05, 4.69) is 11.4 Å². The van der Waals surface area contributed by atoms with Gasteiger partial charge in [0.05, 0.1) is 12.7 Å². The van der Waals surface area contributed by atoms with Gasteiger partial charge < -0.3 is 19.9 Å². The molecule has 1 heterocycles. The fourth-order valence-electron chi connectivity index (χ4n) is 2.74. The van der Waals surface area contributed by atoms with E-state index in [9.17, 15) is 5.11 Å². The van der Waals surface area contributed by atoms with Gasteiger partial charge in [0, 0.05) is 18.0 Å². The molecule has 4 nitrogen and oxygen atoms in total. The first-order valence-electron chi connectivity index (χ1n) is 9.11. The minimum absolute atomic E-state index is 0. The maximum atomic E-state index is 10.2. The molecule has 1 aromatic heterocycles. The van der Waals surface area contributed by atoms with Crippen molar-refractivity contribution in [3.8, 4) is 11.5 Å². The molecule has 0 saturated carbocycles. The van der Waals surface area contributed by atoms with Crippen molar-refractivity contribution in [2.45, 2.75) is 26.2 Å². The van der Waals surface area contributed by atoms with E-state index in [1.165, 1.54) is 4.88 Å². The summed E-state index contributed by atoms with van der Waals surface area (Å²) >= 11 is 1.68. The van der Waals surface area contributed by atoms with E-state index in [0.717, 1.165) is 22.6 Å². The van der Waals surface area contributed by atoms with Crippen LogP contribution >= 0.6 is 23.7 Å². The zero-order valence-corrected chi connectivity index (χ0v) is 17.5. The van der Waals surface area contributed by atoms with Crippen molar-refractivity contribution in [2.24, 2.45) is 0 Å². The molecular formula is C22H26ClNO3S. The summed E-state index contributed by atoms with van der Waals surface area (Å²) in [4.78, 5) is 1.18. The first-order valence-corrected chi connectivity index (χ1v) is 9.99. The lowest BCUT2D eigenvalue weighted by molar-refractivity contribution is 0.174. The van der Waals surface area contributed by atoms with Crippen LogP contribution in [0.2, 0.25) is 0 Å². The molecule has 0 saturated heterocycles. The summed E-state index contributed by atoms with van der Waals surface area (Å²) in [5.41, 5.74) is 2.00. The van der Waals surface area contributed by atoms with Gasteiger partial charge in [-0.05, 0) is 41.6 Å². The smallest absolute Gasteiger partial charge is 0.161 e. The molecule has 0 bridgehead atoms. The van der Waals surface area contributed by atoms with E-state index in [1.54, 1.807) is 11.3 Å². The van der Waals surface area contributed by atoms with Crippen LogP contribution in [0.15, 0.2) is 66.0 Å². The molecule has 2 N–H and O–H groups in total. The van der Waals surface area contributed by atoms with Crippen LogP contribution in [0.4, 0.5) is 0 Å². The number of benzene rings is 2. The van der Waals surface area contributed by atoms with Gasteiger partial charge in [0.2, 0.25) is 0 Å². The average molecular weight is 420 g/mol. The van der Waals surface area contributed by atoms with Crippen molar-refractivity contribution in [1.29, 1.82) is 0 Å². The van der Waals surface area contributed by atoms with E-state index in [0.29, 0.717) is 26.3 Å². The Kier molecular flexibility index (Phi) is 9.31. The van der Waals surface area contributed by atoms with Gasteiger partial charge in [-0.15, -0.1) is 23.7 Å². The molecule has 150 valence electrons. The number of thiophene rings is 1. The van der Waals surface area contributed by atoms with Crippen molar-refractivity contribution < 1.29 is 14.6 Å². The number of aliphatic hydroxyl groups is 1. The molecular weight excluding hydrogens is 394 g/mol. The second-order valence-electron chi connectivity index (χ2n) is 6.14. The van der Waals surface area contributed by atoms with Crippen LogP contribution in [-0.4, -0.2) is 18.3 Å². The third-order valence-corrected chi connectivity index (χ3v) is 4.96. The monoisotopic (exact) mass is 419 g/mol. The van der Waals surface area contributed by atoms with E-state index >= 15 is 0 Å². The van der Waals surface area contributed by atoms with Gasteiger partial charge in [-0.2, -0.15) is 0 Å². The van der Waals surface area contributed by atoms with E-state index in [-0.39, 0.29) is 12.4 Å². The van der Waals surface area contributed by atoms with Crippen LogP contribution in [0.3, 0.4) is 0 Å². The Morgan fingerprint density at radius 1 is 1.00 bits per heavy atom. The molecule has 3 rings (SSSR count). The summed E-state index contributed by atoms with van der Waals surface area (Å²) < 4.78 is 11.7. The molecule has 0 amide bonds. The Morgan fingerprint density at radius 2 is 1.82 bits per heavy atom. The number of hydrogen-bond acceptors (Lipinski definition) is 5. The standard InChI is InChI=1S/C22H25NO3S.ClH/c1-2-25-22-13-17(10-11-21(22)26-16-19-9-6-12-27-19)14-23-15-20(24)18-7-4-3-5-8-18;/h3-13,20,23-24H,2,14-16H2,1H3;1H. The highest BCUT2D eigenvalue weighted by Gasteiger charge is 2.09. The van der Waals surface area contributed by atoms with E-state index < -0.39 is 6.10 Å². The maximum Gasteiger partial charge on any atom is 0.161 e. The van der Waals surface area contributed by atoms with Crippen molar-refractivity contribution in [3.05, 3.63) is 82.0 Å². The highest BCUT2D eigenvalue weighted by atomic mass is 35.5. The highest BCUT2D eigenvalue weighted by Crippen LogP contribution is 2.29. The fraction of sp³-hybridized carbons (Fsp3) is 0.273. The summed E-state index contributed by atoms with van der Waals surface area (Å²) in [6.45, 7) is 4.22. The Bertz CT molecular complexity index is 812. The molecule has 28 heavy (non-hydrogen) atoms. The topological polar surface area (TPSA) is 50.7 Å². The van der Waals surface area contributed by atoms with Gasteiger partial charge in [-0.1, -0.05) is 42.5 Å². The molecule has 2 aromatic carbocycles. The van der Waals surface area contributed by atoms with Crippen LogP contribution in [0, 0.1) is 0 Å². The number of ether oxygens (including phenoxy) is 2. The second-order valence-corrected chi connectivity index (χ2v) is 7.17. The molecule has 0 fully saturated rings. The molecule has 0 aliphatic heterocycles. The van der Waals surface area contributed by atoms with Gasteiger partial charge in [0.15, 0.2) is 11.5 Å². The predicted molar refractivity (Wildman–Crippen MR) is 117 cm³/mol. The minimum Gasteiger partial charge on any atom is -0.490 e. The number of aliphatic hydroxyl groups excluding tert-OH is 1. The number of nitrogens with one attached hydrogen (secondary N) is 1. The predicted octanol–water partition coefficient (Wildman–Crippen LogP) is 4.97. The van der Waals surface area contributed by atoms with Crippen molar-refractivity contribution >= 4 is 23.7 Å².